The van der Waals surface area contributed by atoms with Crippen LogP contribution in [0.25, 0.3) is 0 Å². The van der Waals surface area contributed by atoms with E-state index in [-0.39, 0.29) is 35.0 Å². The summed E-state index contributed by atoms with van der Waals surface area (Å²) in [5, 5.41) is 3.09. The van der Waals surface area contributed by atoms with E-state index in [2.05, 4.69) is 5.32 Å². The molecule has 2 amide bonds. The third-order valence-electron chi connectivity index (χ3n) is 4.61. The summed E-state index contributed by atoms with van der Waals surface area (Å²) in [5.41, 5.74) is 1.63. The van der Waals surface area contributed by atoms with Crippen LogP contribution in [-0.4, -0.2) is 44.5 Å². The van der Waals surface area contributed by atoms with Crippen LogP contribution in [0.15, 0.2) is 53.4 Å². The van der Waals surface area contributed by atoms with Gasteiger partial charge in [0.1, 0.15) is 0 Å². The normalized spacial score (nSPS) is 15.2. The lowest BCUT2D eigenvalue weighted by Gasteiger charge is -2.22. The Labute approximate surface area is 152 Å². The quantitative estimate of drug-likeness (QED) is 0.785. The van der Waals surface area contributed by atoms with Gasteiger partial charge in [-0.3, -0.25) is 14.5 Å². The highest BCUT2D eigenvalue weighted by molar-refractivity contribution is 7.91. The van der Waals surface area contributed by atoms with E-state index in [1.54, 1.807) is 62.5 Å². The summed E-state index contributed by atoms with van der Waals surface area (Å²) < 4.78 is 23.9. The number of carbonyl (C=O) groups excluding carboxylic acids is 2. The first-order valence-corrected chi connectivity index (χ1v) is 9.99. The second-order valence-corrected chi connectivity index (χ2v) is 8.36. The minimum atomic E-state index is -3.26. The van der Waals surface area contributed by atoms with Gasteiger partial charge in [0.15, 0.2) is 9.84 Å². The van der Waals surface area contributed by atoms with Crippen molar-refractivity contribution in [3.63, 3.8) is 0 Å². The van der Waals surface area contributed by atoms with E-state index in [9.17, 15) is 18.0 Å². The third kappa shape index (κ3) is 3.15. The average Bonchev–Trinajstić information content (AvgIpc) is 2.91. The van der Waals surface area contributed by atoms with Crippen LogP contribution in [0.4, 0.5) is 0 Å². The number of likely N-dealkylation sites (N-methyl/N-ethyl adjacent to an activating group) is 1. The summed E-state index contributed by atoms with van der Waals surface area (Å²) in [6, 6.07) is 13.0. The molecule has 0 aliphatic carbocycles. The number of hydrogen-bond donors (Lipinski definition) is 1. The van der Waals surface area contributed by atoms with Crippen molar-refractivity contribution in [3.05, 3.63) is 65.2 Å². The highest BCUT2D eigenvalue weighted by Crippen LogP contribution is 2.25. The summed E-state index contributed by atoms with van der Waals surface area (Å²) in [4.78, 5) is 26.5. The zero-order chi connectivity index (χ0) is 18.9. The van der Waals surface area contributed by atoms with Gasteiger partial charge in [-0.15, -0.1) is 0 Å². The second-order valence-electron chi connectivity index (χ2n) is 6.08. The molecule has 0 saturated heterocycles. The van der Waals surface area contributed by atoms with Crippen LogP contribution in [-0.2, 0) is 9.84 Å². The molecule has 1 aliphatic heterocycles. The van der Waals surface area contributed by atoms with Crippen LogP contribution in [0.1, 0.15) is 39.2 Å². The fraction of sp³-hybridized carbons (Fsp3) is 0.263. The predicted octanol–water partition coefficient (Wildman–Crippen LogP) is 2.04. The molecule has 0 radical (unpaired) electrons. The molecule has 1 atom stereocenters. The maximum atomic E-state index is 12.5. The molecule has 6 nitrogen and oxygen atoms in total. The van der Waals surface area contributed by atoms with E-state index in [1.165, 1.54) is 4.90 Å². The first kappa shape index (κ1) is 18.3. The number of nitrogens with one attached hydrogen (secondary N) is 1. The van der Waals surface area contributed by atoms with E-state index in [1.807, 2.05) is 0 Å². The summed E-state index contributed by atoms with van der Waals surface area (Å²) >= 11 is 0. The van der Waals surface area contributed by atoms with Gasteiger partial charge >= 0.3 is 0 Å². The Balaban J connectivity index is 1.83. The standard InChI is InChI=1S/C19H20N2O4S/c1-3-26(24,25)14-10-8-13(9-11-14)17(20-2)12-21-18(22)15-6-4-5-7-16(15)19(21)23/h4-11,17,20H,3,12H2,1-2H3. The summed E-state index contributed by atoms with van der Waals surface area (Å²) in [5.74, 6) is -0.580. The van der Waals surface area contributed by atoms with E-state index < -0.39 is 9.84 Å². The Morgan fingerprint density at radius 3 is 1.96 bits per heavy atom. The molecule has 3 rings (SSSR count). The summed E-state index contributed by atoms with van der Waals surface area (Å²) in [6.45, 7) is 1.77. The van der Waals surface area contributed by atoms with Gasteiger partial charge in [-0.25, -0.2) is 8.42 Å². The lowest BCUT2D eigenvalue weighted by molar-refractivity contribution is 0.0639. The smallest absolute Gasteiger partial charge is 0.261 e. The molecule has 136 valence electrons. The number of sulfone groups is 1. The zero-order valence-electron chi connectivity index (χ0n) is 14.6. The van der Waals surface area contributed by atoms with Gasteiger partial charge in [-0.2, -0.15) is 0 Å². The van der Waals surface area contributed by atoms with Gasteiger partial charge in [-0.05, 0) is 36.9 Å². The van der Waals surface area contributed by atoms with Crippen LogP contribution in [0.2, 0.25) is 0 Å². The van der Waals surface area contributed by atoms with Gasteiger partial charge in [0, 0.05) is 6.54 Å². The van der Waals surface area contributed by atoms with E-state index in [0.717, 1.165) is 5.56 Å². The van der Waals surface area contributed by atoms with Crippen molar-refractivity contribution in [1.82, 2.24) is 10.2 Å². The molecule has 2 aromatic carbocycles. The number of nitrogens with zero attached hydrogens (tertiary/aromatic N) is 1. The zero-order valence-corrected chi connectivity index (χ0v) is 15.4. The maximum absolute atomic E-state index is 12.5. The fourth-order valence-corrected chi connectivity index (χ4v) is 3.91. The van der Waals surface area contributed by atoms with Gasteiger partial charge in [0.05, 0.1) is 27.8 Å². The number of hydrogen-bond acceptors (Lipinski definition) is 5. The fourth-order valence-electron chi connectivity index (χ4n) is 3.03. The number of carbonyl (C=O) groups is 2. The number of benzene rings is 2. The molecule has 1 heterocycles. The van der Waals surface area contributed by atoms with Crippen molar-refractivity contribution in [3.8, 4) is 0 Å². The Morgan fingerprint density at radius 2 is 1.50 bits per heavy atom. The average molecular weight is 372 g/mol. The molecule has 0 saturated carbocycles. The number of imide groups is 1. The van der Waals surface area contributed by atoms with Gasteiger partial charge in [-0.1, -0.05) is 31.2 Å². The molecule has 7 heteroatoms. The number of fused-ring (bicyclic) bond motifs is 1. The molecule has 1 unspecified atom stereocenters. The van der Waals surface area contributed by atoms with Crippen molar-refractivity contribution >= 4 is 21.7 Å². The Hall–Kier alpha value is -2.51. The monoisotopic (exact) mass is 372 g/mol. The van der Waals surface area contributed by atoms with Gasteiger partial charge in [0.25, 0.3) is 11.8 Å². The van der Waals surface area contributed by atoms with Crippen molar-refractivity contribution in [2.45, 2.75) is 17.9 Å². The minimum absolute atomic E-state index is 0.0385. The third-order valence-corrected chi connectivity index (χ3v) is 6.36. The topological polar surface area (TPSA) is 83.6 Å². The van der Waals surface area contributed by atoms with Crippen LogP contribution < -0.4 is 5.32 Å². The largest absolute Gasteiger partial charge is 0.312 e. The molecule has 0 spiro atoms. The second kappa shape index (κ2) is 7.01. The molecule has 0 aromatic heterocycles. The minimum Gasteiger partial charge on any atom is -0.312 e. The van der Waals surface area contributed by atoms with Gasteiger partial charge in [0.2, 0.25) is 0 Å². The first-order chi connectivity index (χ1) is 12.4. The van der Waals surface area contributed by atoms with Gasteiger partial charge < -0.3 is 5.32 Å². The molecule has 0 fully saturated rings. The van der Waals surface area contributed by atoms with Crippen LogP contribution in [0, 0.1) is 0 Å². The Morgan fingerprint density at radius 1 is 0.962 bits per heavy atom. The van der Waals surface area contributed by atoms with E-state index >= 15 is 0 Å². The molecular formula is C19H20N2O4S. The number of rotatable bonds is 6. The van der Waals surface area contributed by atoms with Crippen LogP contribution in [0.3, 0.4) is 0 Å². The van der Waals surface area contributed by atoms with Crippen LogP contribution in [0.5, 0.6) is 0 Å². The molecule has 1 N–H and O–H groups in total. The van der Waals surface area contributed by atoms with Crippen molar-refractivity contribution in [1.29, 1.82) is 0 Å². The van der Waals surface area contributed by atoms with Crippen molar-refractivity contribution in [2.75, 3.05) is 19.3 Å². The highest BCUT2D eigenvalue weighted by Gasteiger charge is 2.36. The number of amides is 2. The first-order valence-electron chi connectivity index (χ1n) is 8.34. The Bertz CT molecular complexity index is 917. The molecule has 26 heavy (non-hydrogen) atoms. The SMILES string of the molecule is CCS(=O)(=O)c1ccc(C(CN2C(=O)c3ccccc3C2=O)NC)cc1. The lowest BCUT2D eigenvalue weighted by atomic mass is 10.1. The van der Waals surface area contributed by atoms with E-state index in [4.69, 9.17) is 0 Å². The highest BCUT2D eigenvalue weighted by atomic mass is 32.2. The maximum Gasteiger partial charge on any atom is 0.261 e. The lowest BCUT2D eigenvalue weighted by Crippen LogP contribution is -2.37. The molecule has 0 bridgehead atoms. The Kier molecular flexibility index (Phi) is 4.93. The van der Waals surface area contributed by atoms with E-state index in [0.29, 0.717) is 11.1 Å². The summed E-state index contributed by atoms with van der Waals surface area (Å²) in [7, 11) is -1.53. The van der Waals surface area contributed by atoms with Crippen molar-refractivity contribution < 1.29 is 18.0 Å². The summed E-state index contributed by atoms with van der Waals surface area (Å²) in [6.07, 6.45) is 0. The molecular weight excluding hydrogens is 352 g/mol. The van der Waals surface area contributed by atoms with Crippen molar-refractivity contribution in [2.24, 2.45) is 0 Å². The van der Waals surface area contributed by atoms with Crippen LogP contribution >= 0.6 is 0 Å². The predicted molar refractivity (Wildman–Crippen MR) is 97.8 cm³/mol. The molecule has 1 aliphatic rings. The molecule has 2 aromatic rings.